The zero-order valence-corrected chi connectivity index (χ0v) is 21.2. The molecule has 1 N–H and O–H groups in total. The molecule has 0 aliphatic carbocycles. The molecular formula is C30H39NO4. The van der Waals surface area contributed by atoms with Crippen LogP contribution in [0.1, 0.15) is 86.8 Å². The average Bonchev–Trinajstić information content (AvgIpc) is 3.17. The number of Topliss-reactive ketones (excluding diaryl/α,β-unsaturated/α-hetero) is 1. The first-order valence-electron chi connectivity index (χ1n) is 13.1. The summed E-state index contributed by atoms with van der Waals surface area (Å²) < 4.78 is 7.38. The Balaban J connectivity index is 1.59. The number of rotatable bonds is 16. The number of benzene rings is 2. The van der Waals surface area contributed by atoms with Gasteiger partial charge in [0.1, 0.15) is 18.1 Å². The van der Waals surface area contributed by atoms with Crippen LogP contribution >= 0.6 is 0 Å². The zero-order valence-electron chi connectivity index (χ0n) is 21.2. The Hall–Kier alpha value is -3.08. The number of hydrogen-bond donors (Lipinski definition) is 1. The highest BCUT2D eigenvalue weighted by Gasteiger charge is 2.23. The fraction of sp³-hybridized carbons (Fsp3) is 0.467. The average molecular weight is 478 g/mol. The Labute approximate surface area is 209 Å². The van der Waals surface area contributed by atoms with E-state index in [9.17, 15) is 14.7 Å². The lowest BCUT2D eigenvalue weighted by molar-refractivity contribution is -0.121. The number of carbonyl (C=O) groups excluding carboxylic acids is 1. The van der Waals surface area contributed by atoms with Crippen LogP contribution in [0.5, 0.6) is 5.75 Å². The Kier molecular flexibility index (Phi) is 10.4. The number of aryl methyl sites for hydroxylation is 2. The van der Waals surface area contributed by atoms with Crippen molar-refractivity contribution in [3.63, 3.8) is 0 Å². The van der Waals surface area contributed by atoms with Gasteiger partial charge in [-0.3, -0.25) is 4.79 Å². The van der Waals surface area contributed by atoms with Crippen LogP contribution in [0.4, 0.5) is 0 Å². The third-order valence-corrected chi connectivity index (χ3v) is 6.54. The van der Waals surface area contributed by atoms with Crippen molar-refractivity contribution >= 4 is 22.7 Å². The van der Waals surface area contributed by atoms with E-state index in [1.807, 2.05) is 36.4 Å². The summed E-state index contributed by atoms with van der Waals surface area (Å²) in [6, 6.07) is 15.6. The molecular weight excluding hydrogens is 438 g/mol. The molecule has 0 spiro atoms. The summed E-state index contributed by atoms with van der Waals surface area (Å²) in [6.45, 7) is 4.20. The van der Waals surface area contributed by atoms with Crippen LogP contribution in [0.15, 0.2) is 48.5 Å². The molecule has 0 saturated heterocycles. The number of hydrogen-bond acceptors (Lipinski definition) is 3. The van der Waals surface area contributed by atoms with E-state index in [0.29, 0.717) is 12.2 Å². The molecule has 188 valence electrons. The minimum Gasteiger partial charge on any atom is -0.486 e. The molecule has 5 heteroatoms. The summed E-state index contributed by atoms with van der Waals surface area (Å²) in [7, 11) is 0. The molecule has 1 aromatic heterocycles. The van der Waals surface area contributed by atoms with Crippen molar-refractivity contribution in [1.82, 2.24) is 4.57 Å². The molecule has 5 nitrogen and oxygen atoms in total. The van der Waals surface area contributed by atoms with Crippen molar-refractivity contribution < 1.29 is 19.4 Å². The monoisotopic (exact) mass is 477 g/mol. The molecule has 0 amide bonds. The maximum Gasteiger partial charge on any atom is 0.352 e. The van der Waals surface area contributed by atoms with Crippen molar-refractivity contribution in [2.45, 2.75) is 84.6 Å². The first kappa shape index (κ1) is 26.5. The number of unbranched alkanes of at least 4 members (excludes halogenated alkanes) is 6. The van der Waals surface area contributed by atoms with Crippen molar-refractivity contribution in [3.05, 3.63) is 65.4 Å². The number of fused-ring (bicyclic) bond motifs is 1. The van der Waals surface area contributed by atoms with Crippen LogP contribution in [0, 0.1) is 0 Å². The minimum absolute atomic E-state index is 0.0234. The molecule has 3 rings (SSSR count). The first-order valence-corrected chi connectivity index (χ1v) is 13.1. The molecule has 35 heavy (non-hydrogen) atoms. The Morgan fingerprint density at radius 2 is 1.51 bits per heavy atom. The van der Waals surface area contributed by atoms with Gasteiger partial charge in [-0.1, -0.05) is 82.7 Å². The number of ketones is 1. The predicted molar refractivity (Wildman–Crippen MR) is 142 cm³/mol. The highest BCUT2D eigenvalue weighted by atomic mass is 16.5. The highest BCUT2D eigenvalue weighted by Crippen LogP contribution is 2.28. The smallest absolute Gasteiger partial charge is 0.352 e. The fourth-order valence-electron chi connectivity index (χ4n) is 4.64. The van der Waals surface area contributed by atoms with Gasteiger partial charge in [-0.2, -0.15) is 0 Å². The predicted octanol–water partition coefficient (Wildman–Crippen LogP) is 7.23. The molecule has 0 radical (unpaired) electrons. The SMILES string of the molecule is CCCCCCCCc1ccc(OCC(=O)Cn2c(C(=O)O)c(CCCC)c3ccccc32)cc1. The Bertz CT molecular complexity index is 1100. The fourth-order valence-corrected chi connectivity index (χ4v) is 4.64. The maximum atomic E-state index is 12.8. The van der Waals surface area contributed by atoms with Crippen molar-refractivity contribution in [2.75, 3.05) is 6.61 Å². The highest BCUT2D eigenvalue weighted by molar-refractivity contribution is 5.99. The number of nitrogens with zero attached hydrogens (tertiary/aromatic N) is 1. The Morgan fingerprint density at radius 3 is 2.23 bits per heavy atom. The van der Waals surface area contributed by atoms with Crippen LogP contribution in [0.25, 0.3) is 10.9 Å². The molecule has 0 bridgehead atoms. The second-order valence-electron chi connectivity index (χ2n) is 9.33. The van der Waals surface area contributed by atoms with Gasteiger partial charge in [-0.05, 0) is 55.0 Å². The number of carboxylic acid groups (broad SMARTS) is 1. The molecule has 0 fully saturated rings. The van der Waals surface area contributed by atoms with Crippen molar-refractivity contribution in [2.24, 2.45) is 0 Å². The summed E-state index contributed by atoms with van der Waals surface area (Å²) in [6.07, 6.45) is 11.3. The summed E-state index contributed by atoms with van der Waals surface area (Å²) in [5.74, 6) is -0.502. The molecule has 0 atom stereocenters. The quantitative estimate of drug-likeness (QED) is 0.221. The van der Waals surface area contributed by atoms with Gasteiger partial charge in [0.05, 0.1) is 6.54 Å². The minimum atomic E-state index is -0.998. The van der Waals surface area contributed by atoms with E-state index in [1.165, 1.54) is 44.1 Å². The number of ether oxygens (including phenoxy) is 1. The molecule has 3 aromatic rings. The van der Waals surface area contributed by atoms with Crippen LogP contribution in [-0.2, 0) is 24.2 Å². The molecule has 2 aromatic carbocycles. The summed E-state index contributed by atoms with van der Waals surface area (Å²) in [5.41, 5.74) is 3.09. The lowest BCUT2D eigenvalue weighted by atomic mass is 10.0. The number of aromatic carboxylic acids is 1. The van der Waals surface area contributed by atoms with E-state index in [-0.39, 0.29) is 24.6 Å². The number of aromatic nitrogens is 1. The van der Waals surface area contributed by atoms with E-state index < -0.39 is 5.97 Å². The van der Waals surface area contributed by atoms with Gasteiger partial charge < -0.3 is 14.4 Å². The normalized spacial score (nSPS) is 11.1. The van der Waals surface area contributed by atoms with Crippen LogP contribution in [0.3, 0.4) is 0 Å². The van der Waals surface area contributed by atoms with E-state index in [2.05, 4.69) is 26.0 Å². The van der Waals surface area contributed by atoms with Crippen LogP contribution < -0.4 is 4.74 Å². The third kappa shape index (κ3) is 7.45. The van der Waals surface area contributed by atoms with Gasteiger partial charge in [0.25, 0.3) is 0 Å². The number of carboxylic acids is 1. The van der Waals surface area contributed by atoms with Crippen molar-refractivity contribution in [3.8, 4) is 5.75 Å². The van der Waals surface area contributed by atoms with E-state index in [1.54, 1.807) is 4.57 Å². The molecule has 1 heterocycles. The molecule has 0 saturated carbocycles. The van der Waals surface area contributed by atoms with Gasteiger partial charge in [0, 0.05) is 10.9 Å². The third-order valence-electron chi connectivity index (χ3n) is 6.54. The lowest BCUT2D eigenvalue weighted by Gasteiger charge is -2.10. The number of para-hydroxylation sites is 1. The van der Waals surface area contributed by atoms with Gasteiger partial charge in [-0.25, -0.2) is 4.79 Å². The Morgan fingerprint density at radius 1 is 0.829 bits per heavy atom. The van der Waals surface area contributed by atoms with E-state index in [4.69, 9.17) is 4.74 Å². The number of carbonyl (C=O) groups is 2. The summed E-state index contributed by atoms with van der Waals surface area (Å²) in [5, 5.41) is 10.9. The lowest BCUT2D eigenvalue weighted by Crippen LogP contribution is -2.21. The molecule has 0 aliphatic rings. The molecule has 0 aliphatic heterocycles. The van der Waals surface area contributed by atoms with E-state index >= 15 is 0 Å². The summed E-state index contributed by atoms with van der Waals surface area (Å²) in [4.78, 5) is 25.0. The van der Waals surface area contributed by atoms with Gasteiger partial charge in [-0.15, -0.1) is 0 Å². The molecule has 0 unspecified atom stereocenters. The second-order valence-corrected chi connectivity index (χ2v) is 9.33. The van der Waals surface area contributed by atoms with Gasteiger partial charge >= 0.3 is 5.97 Å². The standard InChI is InChI=1S/C30H39NO4/c1-3-5-7-8-9-10-13-23-17-19-25(20-18-23)35-22-24(32)21-31-28-16-12-11-15-26(28)27(14-6-4-2)29(31)30(33)34/h11-12,15-20H,3-10,13-14,21-22H2,1-2H3,(H,33,34). The van der Waals surface area contributed by atoms with Crippen molar-refractivity contribution in [1.29, 1.82) is 0 Å². The zero-order chi connectivity index (χ0) is 25.0. The second kappa shape index (κ2) is 13.7. The van der Waals surface area contributed by atoms with Gasteiger partial charge in [0.15, 0.2) is 5.78 Å². The van der Waals surface area contributed by atoms with E-state index in [0.717, 1.165) is 35.7 Å². The maximum absolute atomic E-state index is 12.8. The largest absolute Gasteiger partial charge is 0.486 e. The first-order chi connectivity index (χ1) is 17.0. The van der Waals surface area contributed by atoms with Crippen LogP contribution in [-0.4, -0.2) is 28.0 Å². The topological polar surface area (TPSA) is 68.5 Å². The summed E-state index contributed by atoms with van der Waals surface area (Å²) >= 11 is 0. The van der Waals surface area contributed by atoms with Gasteiger partial charge in [0.2, 0.25) is 0 Å². The van der Waals surface area contributed by atoms with Crippen LogP contribution in [0.2, 0.25) is 0 Å².